The van der Waals surface area contributed by atoms with Gasteiger partial charge in [0.1, 0.15) is 29.4 Å². The normalized spacial score (nSPS) is 16.2. The molecule has 31 heavy (non-hydrogen) atoms. The van der Waals surface area contributed by atoms with Crippen LogP contribution in [0.3, 0.4) is 0 Å². The molecule has 0 spiro atoms. The molecule has 4 aromatic rings. The lowest BCUT2D eigenvalue weighted by Crippen LogP contribution is -2.36. The van der Waals surface area contributed by atoms with E-state index in [0.29, 0.717) is 28.9 Å². The highest BCUT2D eigenvalue weighted by Gasteiger charge is 2.32. The van der Waals surface area contributed by atoms with E-state index in [1.165, 1.54) is 34.9 Å². The van der Waals surface area contributed by atoms with Crippen molar-refractivity contribution in [1.82, 2.24) is 24.2 Å². The Labute approximate surface area is 181 Å². The van der Waals surface area contributed by atoms with Crippen molar-refractivity contribution in [1.29, 1.82) is 0 Å². The van der Waals surface area contributed by atoms with Gasteiger partial charge in [-0.15, -0.1) is 11.8 Å². The van der Waals surface area contributed by atoms with Gasteiger partial charge in [0.05, 0.1) is 11.9 Å². The molecule has 1 saturated heterocycles. The number of fused-ring (bicyclic) bond motifs is 1. The number of carbonyl (C=O) groups is 1. The zero-order valence-corrected chi connectivity index (χ0v) is 17.2. The number of carbonyl (C=O) groups excluding carboxylic acids is 1. The first kappa shape index (κ1) is 19.5. The maximum Gasteiger partial charge on any atom is 0.264 e. The van der Waals surface area contributed by atoms with E-state index < -0.39 is 5.37 Å². The Kier molecular flexibility index (Phi) is 5.03. The molecule has 1 fully saturated rings. The van der Waals surface area contributed by atoms with Crippen LogP contribution < -0.4 is 5.56 Å². The molecule has 3 heterocycles. The Morgan fingerprint density at radius 1 is 1.13 bits per heavy atom. The Hall–Kier alpha value is -3.46. The van der Waals surface area contributed by atoms with Gasteiger partial charge in [0.25, 0.3) is 5.56 Å². The quantitative estimate of drug-likeness (QED) is 0.493. The molecule has 0 saturated carbocycles. The summed E-state index contributed by atoms with van der Waals surface area (Å²) in [4.78, 5) is 32.0. The van der Waals surface area contributed by atoms with E-state index in [0.717, 1.165) is 5.69 Å². The molecule has 2 aromatic carbocycles. The molecule has 1 aliphatic heterocycles. The number of amides is 1. The Bertz CT molecular complexity index is 1320. The van der Waals surface area contributed by atoms with Gasteiger partial charge < -0.3 is 4.90 Å². The van der Waals surface area contributed by atoms with Gasteiger partial charge in [-0.1, -0.05) is 36.4 Å². The Balaban J connectivity index is 1.43. The van der Waals surface area contributed by atoms with Crippen molar-refractivity contribution in [3.05, 3.63) is 88.9 Å². The van der Waals surface area contributed by atoms with Crippen LogP contribution in [0.1, 0.15) is 10.9 Å². The molecular weight excluding hydrogens is 417 g/mol. The second-order valence-corrected chi connectivity index (χ2v) is 8.33. The SMILES string of the molecule is O=C(Cn1cnc2c(cnn2-c2ccccc2)c1=O)N1CCS[C@@H]1c1ccccc1F. The lowest BCUT2D eigenvalue weighted by Gasteiger charge is -2.24. The first-order valence-electron chi connectivity index (χ1n) is 9.77. The number of thioether (sulfide) groups is 1. The van der Waals surface area contributed by atoms with E-state index in [4.69, 9.17) is 0 Å². The molecule has 0 bridgehead atoms. The summed E-state index contributed by atoms with van der Waals surface area (Å²) in [7, 11) is 0. The highest BCUT2D eigenvalue weighted by atomic mass is 32.2. The van der Waals surface area contributed by atoms with Gasteiger partial charge >= 0.3 is 0 Å². The van der Waals surface area contributed by atoms with Crippen molar-refractivity contribution in [2.75, 3.05) is 12.3 Å². The standard InChI is InChI=1S/C22H18FN5O2S/c23-18-9-5-4-8-16(18)22-27(10-11-31-22)19(29)13-26-14-24-20-17(21(26)30)12-25-28(20)15-6-2-1-3-7-15/h1-9,12,14,22H,10-11,13H2/t22-/m1/s1. The van der Waals surface area contributed by atoms with E-state index in [1.54, 1.807) is 27.8 Å². The molecule has 0 radical (unpaired) electrons. The Morgan fingerprint density at radius 2 is 1.90 bits per heavy atom. The van der Waals surface area contributed by atoms with Gasteiger partial charge in [0, 0.05) is 17.9 Å². The summed E-state index contributed by atoms with van der Waals surface area (Å²) < 4.78 is 17.1. The molecule has 2 aromatic heterocycles. The largest absolute Gasteiger partial charge is 0.324 e. The summed E-state index contributed by atoms with van der Waals surface area (Å²) in [5.74, 6) is 0.117. The summed E-state index contributed by atoms with van der Waals surface area (Å²) in [6, 6.07) is 15.9. The summed E-state index contributed by atoms with van der Waals surface area (Å²) in [5, 5.41) is 4.22. The third-order valence-electron chi connectivity index (χ3n) is 5.24. The van der Waals surface area contributed by atoms with Gasteiger partial charge in [0.2, 0.25) is 5.91 Å². The summed E-state index contributed by atoms with van der Waals surface area (Å²) in [6.45, 7) is 0.336. The van der Waals surface area contributed by atoms with Crippen molar-refractivity contribution in [3.63, 3.8) is 0 Å². The molecule has 7 nitrogen and oxygen atoms in total. The molecule has 1 aliphatic rings. The van der Waals surface area contributed by atoms with E-state index >= 15 is 0 Å². The van der Waals surface area contributed by atoms with Crippen LogP contribution in [-0.4, -0.2) is 42.4 Å². The van der Waals surface area contributed by atoms with Crippen molar-refractivity contribution < 1.29 is 9.18 Å². The predicted molar refractivity (Wildman–Crippen MR) is 116 cm³/mol. The first-order valence-corrected chi connectivity index (χ1v) is 10.8. The average molecular weight is 435 g/mol. The smallest absolute Gasteiger partial charge is 0.264 e. The van der Waals surface area contributed by atoms with Gasteiger partial charge in [-0.3, -0.25) is 14.2 Å². The highest BCUT2D eigenvalue weighted by Crippen LogP contribution is 2.39. The van der Waals surface area contributed by atoms with Crippen molar-refractivity contribution in [2.45, 2.75) is 11.9 Å². The minimum Gasteiger partial charge on any atom is -0.324 e. The molecule has 0 unspecified atom stereocenters. The summed E-state index contributed by atoms with van der Waals surface area (Å²) >= 11 is 1.51. The van der Waals surface area contributed by atoms with Gasteiger partial charge in [-0.2, -0.15) is 5.10 Å². The topological polar surface area (TPSA) is 73.0 Å². The van der Waals surface area contributed by atoms with Crippen LogP contribution in [0.4, 0.5) is 4.39 Å². The number of aromatic nitrogens is 4. The molecule has 9 heteroatoms. The minimum atomic E-state index is -0.401. The predicted octanol–water partition coefficient (Wildman–Crippen LogP) is 3.00. The molecule has 0 aliphatic carbocycles. The van der Waals surface area contributed by atoms with Crippen LogP contribution in [0.15, 0.2) is 71.9 Å². The molecule has 0 N–H and O–H groups in total. The fourth-order valence-electron chi connectivity index (χ4n) is 3.71. The van der Waals surface area contributed by atoms with Crippen molar-refractivity contribution in [3.8, 4) is 5.69 Å². The molecule has 5 rings (SSSR count). The van der Waals surface area contributed by atoms with Gasteiger partial charge in [0.15, 0.2) is 5.65 Å². The number of para-hydroxylation sites is 1. The van der Waals surface area contributed by atoms with E-state index in [2.05, 4.69) is 10.1 Å². The minimum absolute atomic E-state index is 0.163. The third-order valence-corrected chi connectivity index (χ3v) is 6.49. The highest BCUT2D eigenvalue weighted by molar-refractivity contribution is 7.99. The van der Waals surface area contributed by atoms with E-state index in [9.17, 15) is 14.0 Å². The second kappa shape index (κ2) is 7.99. The fourth-order valence-corrected chi connectivity index (χ4v) is 5.01. The van der Waals surface area contributed by atoms with Crippen LogP contribution in [-0.2, 0) is 11.3 Å². The van der Waals surface area contributed by atoms with Gasteiger partial charge in [-0.05, 0) is 18.2 Å². The summed E-state index contributed by atoms with van der Waals surface area (Å²) in [6.07, 6.45) is 2.83. The van der Waals surface area contributed by atoms with Crippen LogP contribution in [0.5, 0.6) is 0 Å². The maximum absolute atomic E-state index is 14.3. The monoisotopic (exact) mass is 435 g/mol. The number of rotatable bonds is 4. The number of hydrogen-bond donors (Lipinski definition) is 0. The maximum atomic E-state index is 14.3. The molecule has 156 valence electrons. The fraction of sp³-hybridized carbons (Fsp3) is 0.182. The Morgan fingerprint density at radius 3 is 2.71 bits per heavy atom. The van der Waals surface area contributed by atoms with Crippen molar-refractivity contribution in [2.24, 2.45) is 0 Å². The number of benzene rings is 2. The van der Waals surface area contributed by atoms with Crippen LogP contribution in [0, 0.1) is 5.82 Å². The van der Waals surface area contributed by atoms with Crippen molar-refractivity contribution >= 4 is 28.7 Å². The number of hydrogen-bond acceptors (Lipinski definition) is 5. The van der Waals surface area contributed by atoms with Crippen LogP contribution in [0.2, 0.25) is 0 Å². The molecule has 1 amide bonds. The van der Waals surface area contributed by atoms with E-state index in [-0.39, 0.29) is 23.8 Å². The lowest BCUT2D eigenvalue weighted by molar-refractivity contribution is -0.132. The molecular formula is C22H18FN5O2S. The third kappa shape index (κ3) is 3.50. The van der Waals surface area contributed by atoms with E-state index in [1.807, 2.05) is 30.3 Å². The zero-order chi connectivity index (χ0) is 21.4. The first-order chi connectivity index (χ1) is 15.1. The lowest BCUT2D eigenvalue weighted by atomic mass is 10.2. The zero-order valence-electron chi connectivity index (χ0n) is 16.4. The number of halogens is 1. The number of nitrogens with zero attached hydrogens (tertiary/aromatic N) is 5. The van der Waals surface area contributed by atoms with Crippen LogP contribution in [0.25, 0.3) is 16.7 Å². The average Bonchev–Trinajstić information content (AvgIpc) is 3.44. The van der Waals surface area contributed by atoms with Gasteiger partial charge in [-0.25, -0.2) is 14.1 Å². The summed E-state index contributed by atoms with van der Waals surface area (Å²) in [5.41, 5.74) is 1.36. The van der Waals surface area contributed by atoms with Crippen LogP contribution >= 0.6 is 11.8 Å². The molecule has 1 atom stereocenters. The second-order valence-electron chi connectivity index (χ2n) is 7.14.